The highest BCUT2D eigenvalue weighted by Crippen LogP contribution is 2.22. The van der Waals surface area contributed by atoms with Gasteiger partial charge in [-0.3, -0.25) is 0 Å². The maximum atomic E-state index is 10.3. The fourth-order valence-electron chi connectivity index (χ4n) is 1.80. The van der Waals surface area contributed by atoms with E-state index in [-0.39, 0.29) is 0 Å². The number of hydrogen-bond acceptors (Lipinski definition) is 3. The molecule has 0 heterocycles. The van der Waals surface area contributed by atoms with E-state index in [9.17, 15) is 5.11 Å². The van der Waals surface area contributed by atoms with Crippen LogP contribution in [0.15, 0.2) is 18.2 Å². The Balaban J connectivity index is 2.53. The monoisotopic (exact) mass is 271 g/mol. The summed E-state index contributed by atoms with van der Waals surface area (Å²) in [7, 11) is 1.66. The third kappa shape index (κ3) is 5.36. The van der Waals surface area contributed by atoms with Crippen molar-refractivity contribution in [3.8, 4) is 0 Å². The lowest BCUT2D eigenvalue weighted by Gasteiger charge is -2.24. The van der Waals surface area contributed by atoms with E-state index in [1.54, 1.807) is 7.11 Å². The quantitative estimate of drug-likeness (QED) is 0.747. The topological polar surface area (TPSA) is 41.5 Å². The van der Waals surface area contributed by atoms with Crippen molar-refractivity contribution in [3.63, 3.8) is 0 Å². The van der Waals surface area contributed by atoms with Crippen LogP contribution in [0.1, 0.15) is 18.1 Å². The van der Waals surface area contributed by atoms with Gasteiger partial charge in [0.25, 0.3) is 0 Å². The van der Waals surface area contributed by atoms with Crippen molar-refractivity contribution >= 4 is 11.6 Å². The van der Waals surface area contributed by atoms with E-state index in [2.05, 4.69) is 5.32 Å². The number of nitrogens with one attached hydrogen (secondary N) is 1. The molecule has 0 amide bonds. The Kier molecular flexibility index (Phi) is 6.09. The molecule has 102 valence electrons. The molecule has 0 saturated carbocycles. The average Bonchev–Trinajstić information content (AvgIpc) is 2.28. The minimum atomic E-state index is -0.813. The lowest BCUT2D eigenvalue weighted by atomic mass is 9.96. The van der Waals surface area contributed by atoms with Gasteiger partial charge in [-0.25, -0.2) is 0 Å². The standard InChI is InChI=1S/C14H22ClNO2/c1-11-4-5-12(13(15)8-11)9-14(2,17)10-16-6-7-18-3/h4-5,8,16-17H,6-7,9-10H2,1-3H3. The first-order valence-corrected chi connectivity index (χ1v) is 6.49. The number of methoxy groups -OCH3 is 1. The van der Waals surface area contributed by atoms with Crippen molar-refractivity contribution in [2.45, 2.75) is 25.9 Å². The van der Waals surface area contributed by atoms with Crippen LogP contribution < -0.4 is 5.32 Å². The smallest absolute Gasteiger partial charge is 0.0784 e. The van der Waals surface area contributed by atoms with Gasteiger partial charge in [0.2, 0.25) is 0 Å². The zero-order chi connectivity index (χ0) is 13.6. The van der Waals surface area contributed by atoms with E-state index in [1.807, 2.05) is 32.0 Å². The Labute approximate surface area is 114 Å². The summed E-state index contributed by atoms with van der Waals surface area (Å²) in [5.41, 5.74) is 1.29. The summed E-state index contributed by atoms with van der Waals surface area (Å²) >= 11 is 6.17. The van der Waals surface area contributed by atoms with E-state index in [1.165, 1.54) is 0 Å². The molecule has 3 nitrogen and oxygen atoms in total. The van der Waals surface area contributed by atoms with Crippen molar-refractivity contribution in [3.05, 3.63) is 34.3 Å². The molecule has 2 N–H and O–H groups in total. The molecule has 0 fully saturated rings. The lowest BCUT2D eigenvalue weighted by Crippen LogP contribution is -2.40. The Bertz CT molecular complexity index is 380. The molecule has 1 aromatic carbocycles. The van der Waals surface area contributed by atoms with Crippen LogP contribution in [0.2, 0.25) is 5.02 Å². The molecular weight excluding hydrogens is 250 g/mol. The van der Waals surface area contributed by atoms with Crippen LogP contribution in [0.4, 0.5) is 0 Å². The molecule has 1 unspecified atom stereocenters. The fraction of sp³-hybridized carbons (Fsp3) is 0.571. The van der Waals surface area contributed by atoms with E-state index in [0.717, 1.165) is 17.7 Å². The highest BCUT2D eigenvalue weighted by atomic mass is 35.5. The van der Waals surface area contributed by atoms with Crippen LogP contribution >= 0.6 is 11.6 Å². The van der Waals surface area contributed by atoms with Gasteiger partial charge in [-0.15, -0.1) is 0 Å². The van der Waals surface area contributed by atoms with Crippen molar-refractivity contribution in [1.29, 1.82) is 0 Å². The summed E-state index contributed by atoms with van der Waals surface area (Å²) in [5, 5.41) is 14.2. The van der Waals surface area contributed by atoms with Gasteiger partial charge in [-0.2, -0.15) is 0 Å². The summed E-state index contributed by atoms with van der Waals surface area (Å²) in [6.45, 7) is 5.69. The molecule has 0 spiro atoms. The molecule has 0 radical (unpaired) electrons. The number of benzene rings is 1. The van der Waals surface area contributed by atoms with Gasteiger partial charge in [0.05, 0.1) is 12.2 Å². The molecule has 1 rings (SSSR count). The van der Waals surface area contributed by atoms with Gasteiger partial charge in [0, 0.05) is 31.6 Å². The number of rotatable bonds is 7. The second-order valence-corrected chi connectivity index (χ2v) is 5.35. The van der Waals surface area contributed by atoms with Crippen LogP contribution in [-0.4, -0.2) is 37.5 Å². The van der Waals surface area contributed by atoms with Gasteiger partial charge in [0.15, 0.2) is 0 Å². The lowest BCUT2D eigenvalue weighted by molar-refractivity contribution is 0.0581. The Morgan fingerprint density at radius 1 is 1.44 bits per heavy atom. The summed E-state index contributed by atoms with van der Waals surface area (Å²) in [4.78, 5) is 0. The molecule has 1 aromatic rings. The van der Waals surface area contributed by atoms with Gasteiger partial charge in [-0.1, -0.05) is 23.7 Å². The first-order chi connectivity index (χ1) is 8.44. The third-order valence-corrected chi connectivity index (χ3v) is 3.12. The van der Waals surface area contributed by atoms with E-state index >= 15 is 0 Å². The number of aryl methyl sites for hydroxylation is 1. The van der Waals surface area contributed by atoms with E-state index in [4.69, 9.17) is 16.3 Å². The minimum absolute atomic E-state index is 0.514. The zero-order valence-corrected chi connectivity index (χ0v) is 12.0. The normalized spacial score (nSPS) is 14.5. The predicted molar refractivity (Wildman–Crippen MR) is 75.3 cm³/mol. The summed E-state index contributed by atoms with van der Waals surface area (Å²) in [5.74, 6) is 0. The molecular formula is C14H22ClNO2. The first-order valence-electron chi connectivity index (χ1n) is 6.12. The highest BCUT2D eigenvalue weighted by Gasteiger charge is 2.21. The van der Waals surface area contributed by atoms with Crippen molar-refractivity contribution < 1.29 is 9.84 Å². The van der Waals surface area contributed by atoms with Crippen molar-refractivity contribution in [2.24, 2.45) is 0 Å². The van der Waals surface area contributed by atoms with Crippen molar-refractivity contribution in [1.82, 2.24) is 5.32 Å². The summed E-state index contributed by atoms with van der Waals surface area (Å²) in [6.07, 6.45) is 0.534. The molecule has 0 bridgehead atoms. The maximum absolute atomic E-state index is 10.3. The SMILES string of the molecule is COCCNCC(C)(O)Cc1ccc(C)cc1Cl. The van der Waals surface area contributed by atoms with Gasteiger partial charge in [0.1, 0.15) is 0 Å². The van der Waals surface area contributed by atoms with Crippen LogP contribution in [-0.2, 0) is 11.2 Å². The minimum Gasteiger partial charge on any atom is -0.389 e. The third-order valence-electron chi connectivity index (χ3n) is 2.77. The Hall–Kier alpha value is -0.610. The fourth-order valence-corrected chi connectivity index (χ4v) is 2.10. The van der Waals surface area contributed by atoms with E-state index in [0.29, 0.717) is 24.6 Å². The number of hydrogen-bond donors (Lipinski definition) is 2. The first kappa shape index (κ1) is 15.4. The van der Waals surface area contributed by atoms with Crippen LogP contribution in [0.5, 0.6) is 0 Å². The molecule has 18 heavy (non-hydrogen) atoms. The number of aliphatic hydroxyl groups is 1. The predicted octanol–water partition coefficient (Wildman–Crippen LogP) is 2.18. The van der Waals surface area contributed by atoms with Crippen LogP contribution in [0, 0.1) is 6.92 Å². The average molecular weight is 272 g/mol. The largest absolute Gasteiger partial charge is 0.389 e. The van der Waals surface area contributed by atoms with Crippen LogP contribution in [0.3, 0.4) is 0 Å². The zero-order valence-electron chi connectivity index (χ0n) is 11.3. The summed E-state index contributed by atoms with van der Waals surface area (Å²) in [6, 6.07) is 5.91. The molecule has 0 saturated heterocycles. The summed E-state index contributed by atoms with van der Waals surface area (Å²) < 4.78 is 4.94. The highest BCUT2D eigenvalue weighted by molar-refractivity contribution is 6.31. The number of ether oxygens (including phenoxy) is 1. The molecule has 0 aliphatic heterocycles. The second-order valence-electron chi connectivity index (χ2n) is 4.94. The van der Waals surface area contributed by atoms with Crippen LogP contribution in [0.25, 0.3) is 0 Å². The van der Waals surface area contributed by atoms with Gasteiger partial charge < -0.3 is 15.2 Å². The molecule has 1 atom stereocenters. The number of halogens is 1. The van der Waals surface area contributed by atoms with Gasteiger partial charge >= 0.3 is 0 Å². The maximum Gasteiger partial charge on any atom is 0.0784 e. The molecule has 0 aromatic heterocycles. The molecule has 0 aliphatic carbocycles. The molecule has 0 aliphatic rings. The second kappa shape index (κ2) is 7.10. The Morgan fingerprint density at radius 3 is 2.78 bits per heavy atom. The van der Waals surface area contributed by atoms with Gasteiger partial charge in [-0.05, 0) is 31.0 Å². The van der Waals surface area contributed by atoms with Crippen molar-refractivity contribution in [2.75, 3.05) is 26.8 Å². The van der Waals surface area contributed by atoms with E-state index < -0.39 is 5.60 Å². The molecule has 4 heteroatoms. The Morgan fingerprint density at radius 2 is 2.17 bits per heavy atom.